The number of halogens is 1. The Hall–Kier alpha value is -1.70. The van der Waals surface area contributed by atoms with E-state index in [-0.39, 0.29) is 0 Å². The second-order valence-corrected chi connectivity index (χ2v) is 4.11. The van der Waals surface area contributed by atoms with E-state index < -0.39 is 0 Å². The summed E-state index contributed by atoms with van der Waals surface area (Å²) >= 11 is 3.30. The van der Waals surface area contributed by atoms with Crippen molar-refractivity contribution in [3.63, 3.8) is 0 Å². The molecule has 0 spiro atoms. The van der Waals surface area contributed by atoms with Crippen molar-refractivity contribution in [3.8, 4) is 11.4 Å². The molecule has 0 atom stereocenters. The highest BCUT2D eigenvalue weighted by atomic mass is 79.9. The van der Waals surface area contributed by atoms with Crippen LogP contribution in [-0.2, 0) is 0 Å². The van der Waals surface area contributed by atoms with Crippen molar-refractivity contribution in [2.24, 2.45) is 0 Å². The molecule has 0 aliphatic carbocycles. The van der Waals surface area contributed by atoms with Crippen LogP contribution in [0.4, 0.5) is 0 Å². The molecule has 2 rings (SSSR count). The van der Waals surface area contributed by atoms with Gasteiger partial charge in [0.15, 0.2) is 5.82 Å². The molecule has 2 aromatic rings. The van der Waals surface area contributed by atoms with Crippen molar-refractivity contribution in [2.45, 2.75) is 0 Å². The van der Waals surface area contributed by atoms with Crippen LogP contribution in [0.25, 0.3) is 17.5 Å². The molecule has 1 aromatic heterocycles. The normalized spacial score (nSPS) is 9.56. The second-order valence-electron chi connectivity index (χ2n) is 3.20. The monoisotopic (exact) mass is 272 g/mol. The fraction of sp³-hybridized carbons (Fsp3) is 0. The molecule has 0 aliphatic heterocycles. The van der Waals surface area contributed by atoms with Crippen LogP contribution in [0, 0.1) is 0 Å². The second kappa shape index (κ2) is 4.88. The van der Waals surface area contributed by atoms with Gasteiger partial charge in [0, 0.05) is 18.0 Å². The largest absolute Gasteiger partial charge is 0.235 e. The van der Waals surface area contributed by atoms with Crippen molar-refractivity contribution in [3.05, 3.63) is 59.0 Å². The van der Waals surface area contributed by atoms with Gasteiger partial charge in [-0.2, -0.15) is 0 Å². The molecule has 0 aliphatic rings. The van der Waals surface area contributed by atoms with Crippen LogP contribution < -0.4 is 0 Å². The maximum atomic E-state index is 4.23. The minimum Gasteiger partial charge on any atom is -0.235 e. The lowest BCUT2D eigenvalue weighted by molar-refractivity contribution is 1.16. The van der Waals surface area contributed by atoms with Crippen LogP contribution in [0.1, 0.15) is 5.56 Å². The maximum absolute atomic E-state index is 4.23. The molecule has 0 amide bonds. The number of hydrogen-bond acceptors (Lipinski definition) is 2. The summed E-state index contributed by atoms with van der Waals surface area (Å²) in [6.45, 7) is 3.54. The third-order valence-electron chi connectivity index (χ3n) is 2.06. The van der Waals surface area contributed by atoms with Crippen molar-refractivity contribution in [2.75, 3.05) is 0 Å². The van der Waals surface area contributed by atoms with Gasteiger partial charge in [0.05, 0.1) is 4.47 Å². The molecule has 16 heavy (non-hydrogen) atoms. The van der Waals surface area contributed by atoms with E-state index in [0.717, 1.165) is 21.4 Å². The van der Waals surface area contributed by atoms with E-state index in [1.165, 1.54) is 0 Å². The van der Waals surface area contributed by atoms with Crippen molar-refractivity contribution in [1.29, 1.82) is 0 Å². The fourth-order valence-electron chi connectivity index (χ4n) is 1.31. The molecule has 0 saturated carbocycles. The number of hydrogen-bond donors (Lipinski definition) is 0. The van der Waals surface area contributed by atoms with E-state index in [2.05, 4.69) is 38.2 Å². The number of rotatable bonds is 2. The van der Waals surface area contributed by atoms with Gasteiger partial charge >= 0.3 is 0 Å². The van der Waals surface area contributed by atoms with Gasteiger partial charge in [0.2, 0.25) is 0 Å². The van der Waals surface area contributed by atoms with Gasteiger partial charge in [0.25, 0.3) is 0 Å². The van der Waals surface area contributed by atoms with E-state index >= 15 is 0 Å². The first-order valence-corrected chi connectivity index (χ1v) is 5.53. The Bertz CT molecular complexity index is 523. The molecule has 0 N–H and O–H groups in total. The summed E-state index contributed by atoms with van der Waals surface area (Å²) in [5, 5.41) is 0. The Morgan fingerprint density at radius 3 is 2.31 bits per heavy atom. The van der Waals surface area contributed by atoms with Crippen molar-refractivity contribution >= 4 is 22.0 Å². The minimum atomic E-state index is 0.720. The molecule has 78 valence electrons. The zero-order valence-corrected chi connectivity index (χ0v) is 10.1. The minimum absolute atomic E-state index is 0.720. The molecule has 0 radical (unpaired) electrons. The molecule has 2 nitrogen and oxygen atoms in total. The van der Waals surface area contributed by atoms with Gasteiger partial charge in [-0.15, -0.1) is 5.73 Å². The lowest BCUT2D eigenvalue weighted by Gasteiger charge is -2.00. The highest BCUT2D eigenvalue weighted by molar-refractivity contribution is 9.10. The van der Waals surface area contributed by atoms with Crippen molar-refractivity contribution < 1.29 is 0 Å². The standard InChI is InChI=1S/C13H9BrN2/c1-2-3-10-4-6-11(7-5-10)13-15-8-12(14)9-16-13/h3-9H,1H2. The van der Waals surface area contributed by atoms with Crippen LogP contribution in [0.2, 0.25) is 0 Å². The molecular weight excluding hydrogens is 264 g/mol. The molecular formula is C13H9BrN2. The molecule has 0 saturated heterocycles. The molecule has 0 fully saturated rings. The Labute approximate surface area is 103 Å². The lowest BCUT2D eigenvalue weighted by atomic mass is 10.1. The third kappa shape index (κ3) is 2.45. The van der Waals surface area contributed by atoms with Crippen LogP contribution in [0.15, 0.2) is 53.4 Å². The first-order valence-electron chi connectivity index (χ1n) is 4.73. The molecule has 3 heteroatoms. The third-order valence-corrected chi connectivity index (χ3v) is 2.47. The van der Waals surface area contributed by atoms with Crippen LogP contribution in [-0.4, -0.2) is 9.97 Å². The van der Waals surface area contributed by atoms with Crippen molar-refractivity contribution in [1.82, 2.24) is 9.97 Å². The smallest absolute Gasteiger partial charge is 0.159 e. The summed E-state index contributed by atoms with van der Waals surface area (Å²) in [7, 11) is 0. The Balaban J connectivity index is 2.34. The average molecular weight is 273 g/mol. The van der Waals surface area contributed by atoms with Crippen LogP contribution in [0.5, 0.6) is 0 Å². The maximum Gasteiger partial charge on any atom is 0.159 e. The molecule has 0 bridgehead atoms. The van der Waals surface area contributed by atoms with Crippen LogP contribution in [0.3, 0.4) is 0 Å². The van der Waals surface area contributed by atoms with Gasteiger partial charge in [-0.3, -0.25) is 0 Å². The Morgan fingerprint density at radius 2 is 1.75 bits per heavy atom. The molecule has 1 aromatic carbocycles. The van der Waals surface area contributed by atoms with E-state index in [9.17, 15) is 0 Å². The number of nitrogens with zero attached hydrogens (tertiary/aromatic N) is 2. The van der Waals surface area contributed by atoms with Gasteiger partial charge in [-0.05, 0) is 27.6 Å². The quantitative estimate of drug-likeness (QED) is 0.779. The van der Waals surface area contributed by atoms with Crippen LogP contribution >= 0.6 is 15.9 Å². The topological polar surface area (TPSA) is 25.8 Å². The predicted molar refractivity (Wildman–Crippen MR) is 68.8 cm³/mol. The summed E-state index contributed by atoms with van der Waals surface area (Å²) in [6, 6.07) is 7.93. The zero-order valence-electron chi connectivity index (χ0n) is 8.52. The van der Waals surface area contributed by atoms with Gasteiger partial charge in [0.1, 0.15) is 0 Å². The highest BCUT2D eigenvalue weighted by Gasteiger charge is 1.99. The van der Waals surface area contributed by atoms with E-state index in [1.54, 1.807) is 12.4 Å². The van der Waals surface area contributed by atoms with Gasteiger partial charge in [-0.1, -0.05) is 30.8 Å². The number of benzene rings is 1. The average Bonchev–Trinajstić information content (AvgIpc) is 2.32. The summed E-state index contributed by atoms with van der Waals surface area (Å²) in [4.78, 5) is 8.46. The van der Waals surface area contributed by atoms with E-state index in [4.69, 9.17) is 0 Å². The summed E-state index contributed by atoms with van der Waals surface area (Å²) in [6.07, 6.45) is 5.30. The highest BCUT2D eigenvalue weighted by Crippen LogP contribution is 2.17. The first-order chi connectivity index (χ1) is 7.79. The van der Waals surface area contributed by atoms with Gasteiger partial charge in [-0.25, -0.2) is 9.97 Å². The molecule has 1 heterocycles. The Kier molecular flexibility index (Phi) is 3.30. The molecule has 0 unspecified atom stereocenters. The number of aromatic nitrogens is 2. The fourth-order valence-corrected chi connectivity index (χ4v) is 1.51. The summed E-state index contributed by atoms with van der Waals surface area (Å²) < 4.78 is 0.877. The Morgan fingerprint density at radius 1 is 1.12 bits per heavy atom. The predicted octanol–water partition coefficient (Wildman–Crippen LogP) is 3.70. The lowest BCUT2D eigenvalue weighted by Crippen LogP contribution is -1.87. The SMILES string of the molecule is C=C=Cc1ccc(-c2ncc(Br)cn2)cc1. The van der Waals surface area contributed by atoms with E-state index in [1.807, 2.05) is 30.3 Å². The summed E-state index contributed by atoms with van der Waals surface area (Å²) in [5.74, 6) is 0.720. The summed E-state index contributed by atoms with van der Waals surface area (Å²) in [5.41, 5.74) is 4.80. The van der Waals surface area contributed by atoms with Gasteiger partial charge < -0.3 is 0 Å². The zero-order chi connectivity index (χ0) is 11.4. The first kappa shape index (κ1) is 10.8. The van der Waals surface area contributed by atoms with E-state index in [0.29, 0.717) is 0 Å².